The molecule has 0 spiro atoms. The monoisotopic (exact) mass is 398 g/mol. The first kappa shape index (κ1) is 12.9. The number of halogens is 2. The van der Waals surface area contributed by atoms with Gasteiger partial charge in [-0.15, -0.1) is 11.3 Å². The van der Waals surface area contributed by atoms with E-state index in [-0.39, 0.29) is 0 Å². The number of rotatable bonds is 2. The molecule has 0 fully saturated rings. The van der Waals surface area contributed by atoms with E-state index in [4.69, 9.17) is 10.3 Å². The number of nitrogen functional groups attached to an aromatic ring is 1. The zero-order valence-electron chi connectivity index (χ0n) is 9.56. The molecule has 2 N–H and O–H groups in total. The van der Waals surface area contributed by atoms with Crippen molar-refractivity contribution < 1.29 is 4.52 Å². The van der Waals surface area contributed by atoms with Crippen LogP contribution in [0.5, 0.6) is 0 Å². The Hall–Kier alpha value is -1.11. The van der Waals surface area contributed by atoms with Crippen LogP contribution in [0.4, 0.5) is 5.88 Å². The van der Waals surface area contributed by atoms with Gasteiger partial charge in [-0.25, -0.2) is 0 Å². The van der Waals surface area contributed by atoms with Crippen LogP contribution < -0.4 is 5.73 Å². The molecule has 0 radical (unpaired) electrons. The third-order valence-corrected chi connectivity index (χ3v) is 5.03. The Labute approximate surface area is 130 Å². The number of nitrogens with two attached hydrogens (primary N) is 1. The van der Waals surface area contributed by atoms with Gasteiger partial charge in [-0.2, -0.15) is 0 Å². The first-order chi connectivity index (χ1) is 9.16. The van der Waals surface area contributed by atoms with Crippen LogP contribution in [0.15, 0.2) is 48.5 Å². The van der Waals surface area contributed by atoms with Crippen LogP contribution in [-0.4, -0.2) is 5.16 Å². The molecule has 0 amide bonds. The van der Waals surface area contributed by atoms with Gasteiger partial charge in [0, 0.05) is 5.56 Å². The van der Waals surface area contributed by atoms with Gasteiger partial charge >= 0.3 is 0 Å². The van der Waals surface area contributed by atoms with E-state index in [1.165, 1.54) is 0 Å². The van der Waals surface area contributed by atoms with Crippen molar-refractivity contribution in [2.24, 2.45) is 0 Å². The molecule has 3 rings (SSSR count). The molecule has 96 valence electrons. The van der Waals surface area contributed by atoms with E-state index in [9.17, 15) is 0 Å². The molecular formula is C13H8Br2N2OS. The topological polar surface area (TPSA) is 52.0 Å². The predicted molar refractivity (Wildman–Crippen MR) is 85.1 cm³/mol. The lowest BCUT2D eigenvalue weighted by Gasteiger charge is -2.01. The third kappa shape index (κ3) is 2.35. The second kappa shape index (κ2) is 5.11. The highest BCUT2D eigenvalue weighted by Gasteiger charge is 2.20. The third-order valence-electron chi connectivity index (χ3n) is 2.69. The summed E-state index contributed by atoms with van der Waals surface area (Å²) < 4.78 is 7.18. The molecule has 19 heavy (non-hydrogen) atoms. The zero-order valence-corrected chi connectivity index (χ0v) is 13.5. The highest BCUT2D eigenvalue weighted by molar-refractivity contribution is 9.12. The molecule has 6 heteroatoms. The van der Waals surface area contributed by atoms with E-state index >= 15 is 0 Å². The summed E-state index contributed by atoms with van der Waals surface area (Å²) in [6, 6.07) is 11.9. The number of hydrogen-bond donors (Lipinski definition) is 1. The number of thiophene rings is 1. The highest BCUT2D eigenvalue weighted by Crippen LogP contribution is 2.43. The maximum atomic E-state index is 5.91. The number of anilines is 1. The molecule has 0 bridgehead atoms. The van der Waals surface area contributed by atoms with Crippen molar-refractivity contribution in [1.82, 2.24) is 5.16 Å². The summed E-state index contributed by atoms with van der Waals surface area (Å²) in [5.41, 5.74) is 9.45. The van der Waals surface area contributed by atoms with E-state index in [0.29, 0.717) is 5.88 Å². The molecule has 2 heterocycles. The standard InChI is InChI=1S/C13H8Br2N2OS/c14-9-6-8(12(15)19-9)11-10(13(16)18-17-11)7-4-2-1-3-5-7/h1-6H,16H2. The lowest BCUT2D eigenvalue weighted by molar-refractivity contribution is 0.439. The molecule has 0 atom stereocenters. The fourth-order valence-electron chi connectivity index (χ4n) is 1.87. The van der Waals surface area contributed by atoms with Crippen molar-refractivity contribution >= 4 is 49.1 Å². The largest absolute Gasteiger partial charge is 0.367 e. The van der Waals surface area contributed by atoms with Gasteiger partial charge < -0.3 is 10.3 Å². The molecule has 0 unspecified atom stereocenters. The van der Waals surface area contributed by atoms with Crippen molar-refractivity contribution in [3.05, 3.63) is 44.0 Å². The van der Waals surface area contributed by atoms with Crippen LogP contribution in [0.2, 0.25) is 0 Å². The molecule has 1 aromatic carbocycles. The number of benzene rings is 1. The first-order valence-electron chi connectivity index (χ1n) is 5.42. The Morgan fingerprint density at radius 1 is 1.16 bits per heavy atom. The molecule has 0 saturated heterocycles. The molecule has 0 aliphatic rings. The summed E-state index contributed by atoms with van der Waals surface area (Å²) in [6.45, 7) is 0. The fraction of sp³-hybridized carbons (Fsp3) is 0. The quantitative estimate of drug-likeness (QED) is 0.645. The Morgan fingerprint density at radius 3 is 2.53 bits per heavy atom. The summed E-state index contributed by atoms with van der Waals surface area (Å²) in [5, 5.41) is 4.09. The number of hydrogen-bond acceptors (Lipinski definition) is 4. The van der Waals surface area contributed by atoms with Crippen molar-refractivity contribution in [3.63, 3.8) is 0 Å². The normalized spacial score (nSPS) is 10.8. The molecule has 0 aliphatic carbocycles. The second-order valence-electron chi connectivity index (χ2n) is 3.87. The molecule has 0 aliphatic heterocycles. The van der Waals surface area contributed by atoms with Gasteiger partial charge in [-0.3, -0.25) is 0 Å². The number of nitrogens with zero attached hydrogens (tertiary/aromatic N) is 1. The first-order valence-corrected chi connectivity index (χ1v) is 7.83. The van der Waals surface area contributed by atoms with Crippen molar-refractivity contribution in [2.45, 2.75) is 0 Å². The summed E-state index contributed by atoms with van der Waals surface area (Å²) in [6.07, 6.45) is 0. The van der Waals surface area contributed by atoms with Crippen molar-refractivity contribution in [1.29, 1.82) is 0 Å². The molecule has 2 aromatic heterocycles. The minimum absolute atomic E-state index is 0.329. The summed E-state index contributed by atoms with van der Waals surface area (Å²) in [5.74, 6) is 0.329. The molecular weight excluding hydrogens is 392 g/mol. The van der Waals surface area contributed by atoms with Crippen LogP contribution in [0.3, 0.4) is 0 Å². The smallest absolute Gasteiger partial charge is 0.230 e. The van der Waals surface area contributed by atoms with E-state index in [1.54, 1.807) is 11.3 Å². The van der Waals surface area contributed by atoms with Crippen molar-refractivity contribution in [3.8, 4) is 22.4 Å². The van der Waals surface area contributed by atoms with Gasteiger partial charge in [0.05, 0.1) is 13.1 Å². The van der Waals surface area contributed by atoms with Crippen LogP contribution in [0.25, 0.3) is 22.4 Å². The average molecular weight is 400 g/mol. The summed E-state index contributed by atoms with van der Waals surface area (Å²) >= 11 is 8.59. The number of aromatic nitrogens is 1. The Kier molecular flexibility index (Phi) is 3.47. The minimum Gasteiger partial charge on any atom is -0.367 e. The lowest BCUT2D eigenvalue weighted by Crippen LogP contribution is -1.86. The zero-order chi connectivity index (χ0) is 13.4. The van der Waals surface area contributed by atoms with Gasteiger partial charge in [0.2, 0.25) is 5.88 Å². The maximum absolute atomic E-state index is 5.91. The van der Waals surface area contributed by atoms with E-state index in [0.717, 1.165) is 30.0 Å². The van der Waals surface area contributed by atoms with Gasteiger partial charge in [-0.1, -0.05) is 35.5 Å². The lowest BCUT2D eigenvalue weighted by atomic mass is 10.0. The SMILES string of the molecule is Nc1onc(-c2cc(Br)sc2Br)c1-c1ccccc1. The van der Waals surface area contributed by atoms with E-state index < -0.39 is 0 Å². The average Bonchev–Trinajstić information content (AvgIpc) is 2.93. The van der Waals surface area contributed by atoms with Crippen molar-refractivity contribution in [2.75, 3.05) is 5.73 Å². The van der Waals surface area contributed by atoms with Gasteiger partial charge in [0.15, 0.2) is 0 Å². The molecule has 3 nitrogen and oxygen atoms in total. The summed E-state index contributed by atoms with van der Waals surface area (Å²) in [4.78, 5) is 0. The van der Waals surface area contributed by atoms with E-state index in [1.807, 2.05) is 36.4 Å². The van der Waals surface area contributed by atoms with E-state index in [2.05, 4.69) is 37.0 Å². The molecule has 0 saturated carbocycles. The van der Waals surface area contributed by atoms with Gasteiger partial charge in [-0.05, 0) is 43.5 Å². The Balaban J connectivity index is 2.22. The predicted octanol–water partition coefficient (Wildman–Crippen LogP) is 5.18. The van der Waals surface area contributed by atoms with Gasteiger partial charge in [0.25, 0.3) is 0 Å². The van der Waals surface area contributed by atoms with Crippen LogP contribution in [0, 0.1) is 0 Å². The van der Waals surface area contributed by atoms with Crippen LogP contribution in [0.1, 0.15) is 0 Å². The maximum Gasteiger partial charge on any atom is 0.230 e. The fourth-order valence-corrected chi connectivity index (χ4v) is 4.68. The van der Waals surface area contributed by atoms with Crippen LogP contribution in [-0.2, 0) is 0 Å². The minimum atomic E-state index is 0.329. The summed E-state index contributed by atoms with van der Waals surface area (Å²) in [7, 11) is 0. The highest BCUT2D eigenvalue weighted by atomic mass is 79.9. The molecule has 3 aromatic rings. The Bertz CT molecular complexity index is 722. The van der Waals surface area contributed by atoms with Crippen LogP contribution >= 0.6 is 43.2 Å². The second-order valence-corrected chi connectivity index (χ2v) is 7.62. The Morgan fingerprint density at radius 2 is 1.89 bits per heavy atom. The van der Waals surface area contributed by atoms with Gasteiger partial charge in [0.1, 0.15) is 5.69 Å².